The first kappa shape index (κ1) is 9.95. The number of hydrogen-bond acceptors (Lipinski definition) is 3. The van der Waals surface area contributed by atoms with Crippen LogP contribution in [0.3, 0.4) is 0 Å². The molecule has 1 fully saturated rings. The van der Waals surface area contributed by atoms with Crippen LogP contribution >= 0.6 is 0 Å². The number of amides is 2. The predicted molar refractivity (Wildman–Crippen MR) is 54.2 cm³/mol. The van der Waals surface area contributed by atoms with E-state index in [-0.39, 0.29) is 11.9 Å². The summed E-state index contributed by atoms with van der Waals surface area (Å²) in [7, 11) is 0. The Bertz CT molecular complexity index is 361. The van der Waals surface area contributed by atoms with E-state index in [1.807, 2.05) is 11.6 Å². The van der Waals surface area contributed by atoms with Gasteiger partial charge in [-0.25, -0.2) is 9.78 Å². The fourth-order valence-corrected chi connectivity index (χ4v) is 2.00. The van der Waals surface area contributed by atoms with Crippen LogP contribution in [0.1, 0.15) is 25.1 Å². The van der Waals surface area contributed by atoms with Gasteiger partial charge in [0.2, 0.25) is 0 Å². The summed E-state index contributed by atoms with van der Waals surface area (Å²) < 4.78 is 1.87. The molecule has 0 aromatic carbocycles. The van der Waals surface area contributed by atoms with E-state index in [0.29, 0.717) is 6.54 Å². The van der Waals surface area contributed by atoms with Crippen LogP contribution in [-0.4, -0.2) is 38.8 Å². The number of hydrogen-bond donors (Lipinski definition) is 1. The van der Waals surface area contributed by atoms with Gasteiger partial charge in [-0.2, -0.15) is 5.10 Å². The summed E-state index contributed by atoms with van der Waals surface area (Å²) >= 11 is 0. The molecule has 6 heteroatoms. The highest BCUT2D eigenvalue weighted by molar-refractivity contribution is 5.72. The van der Waals surface area contributed by atoms with Gasteiger partial charge >= 0.3 is 6.03 Å². The molecule has 1 aromatic heterocycles. The molecule has 1 aliphatic heterocycles. The molecular formula is C9H15N5O. The standard InChI is InChI=1S/C9H15N5O/c1-2-14-8(11-6-12-14)7-3-4-13(5-7)9(10)15/h6-7H,2-5H2,1H3,(H2,10,15). The minimum absolute atomic E-state index is 0.278. The lowest BCUT2D eigenvalue weighted by molar-refractivity contribution is 0.218. The Morgan fingerprint density at radius 1 is 1.73 bits per heavy atom. The van der Waals surface area contributed by atoms with Crippen molar-refractivity contribution in [2.24, 2.45) is 5.73 Å². The zero-order chi connectivity index (χ0) is 10.8. The lowest BCUT2D eigenvalue weighted by atomic mass is 10.1. The number of aromatic nitrogens is 3. The van der Waals surface area contributed by atoms with Crippen LogP contribution in [0.2, 0.25) is 0 Å². The Morgan fingerprint density at radius 3 is 3.13 bits per heavy atom. The molecule has 0 bridgehead atoms. The van der Waals surface area contributed by atoms with E-state index in [4.69, 9.17) is 5.73 Å². The molecule has 82 valence electrons. The van der Waals surface area contributed by atoms with Gasteiger partial charge < -0.3 is 10.6 Å². The summed E-state index contributed by atoms with van der Waals surface area (Å²) in [4.78, 5) is 16.9. The van der Waals surface area contributed by atoms with Crippen molar-refractivity contribution < 1.29 is 4.79 Å². The van der Waals surface area contributed by atoms with Gasteiger partial charge in [-0.3, -0.25) is 4.68 Å². The van der Waals surface area contributed by atoms with Crippen LogP contribution < -0.4 is 5.73 Å². The fraction of sp³-hybridized carbons (Fsp3) is 0.667. The molecule has 1 aliphatic rings. The molecule has 0 aliphatic carbocycles. The van der Waals surface area contributed by atoms with E-state index in [0.717, 1.165) is 25.3 Å². The molecule has 15 heavy (non-hydrogen) atoms. The smallest absolute Gasteiger partial charge is 0.314 e. The molecule has 0 spiro atoms. The number of urea groups is 1. The summed E-state index contributed by atoms with van der Waals surface area (Å²) in [5.41, 5.74) is 5.23. The van der Waals surface area contributed by atoms with Crippen LogP contribution in [0.15, 0.2) is 6.33 Å². The second-order valence-electron chi connectivity index (χ2n) is 3.70. The summed E-state index contributed by atoms with van der Waals surface area (Å²) in [6.07, 6.45) is 2.48. The SMILES string of the molecule is CCn1ncnc1C1CCN(C(N)=O)C1. The number of nitrogens with zero attached hydrogens (tertiary/aromatic N) is 4. The van der Waals surface area contributed by atoms with E-state index in [1.54, 1.807) is 11.2 Å². The van der Waals surface area contributed by atoms with Crippen LogP contribution in [0, 0.1) is 0 Å². The number of rotatable bonds is 2. The molecular weight excluding hydrogens is 194 g/mol. The van der Waals surface area contributed by atoms with Crippen molar-refractivity contribution in [2.45, 2.75) is 25.8 Å². The monoisotopic (exact) mass is 209 g/mol. The van der Waals surface area contributed by atoms with Crippen molar-refractivity contribution in [3.63, 3.8) is 0 Å². The van der Waals surface area contributed by atoms with Gasteiger partial charge in [0.1, 0.15) is 12.2 Å². The summed E-state index contributed by atoms with van der Waals surface area (Å²) in [6.45, 7) is 4.21. The van der Waals surface area contributed by atoms with Gasteiger partial charge in [0.25, 0.3) is 0 Å². The van der Waals surface area contributed by atoms with E-state index in [9.17, 15) is 4.79 Å². The Morgan fingerprint density at radius 2 is 2.53 bits per heavy atom. The van der Waals surface area contributed by atoms with Gasteiger partial charge in [-0.05, 0) is 13.3 Å². The molecule has 1 aromatic rings. The maximum Gasteiger partial charge on any atom is 0.314 e. The predicted octanol–water partition coefficient (Wildman–Crippen LogP) is 0.166. The Labute approximate surface area is 88.1 Å². The van der Waals surface area contributed by atoms with Gasteiger partial charge in [-0.15, -0.1) is 0 Å². The van der Waals surface area contributed by atoms with E-state index < -0.39 is 0 Å². The Balaban J connectivity index is 2.10. The molecule has 2 heterocycles. The third-order valence-electron chi connectivity index (χ3n) is 2.81. The number of aryl methyl sites for hydroxylation is 1. The Hall–Kier alpha value is -1.59. The molecule has 6 nitrogen and oxygen atoms in total. The fourth-order valence-electron chi connectivity index (χ4n) is 2.00. The molecule has 1 atom stereocenters. The molecule has 2 N–H and O–H groups in total. The first-order valence-corrected chi connectivity index (χ1v) is 5.14. The number of primary amides is 1. The van der Waals surface area contributed by atoms with Crippen LogP contribution in [-0.2, 0) is 6.54 Å². The average Bonchev–Trinajstić information content (AvgIpc) is 2.85. The third kappa shape index (κ3) is 1.79. The molecule has 2 rings (SSSR count). The number of carbonyl (C=O) groups is 1. The largest absolute Gasteiger partial charge is 0.351 e. The molecule has 0 saturated carbocycles. The van der Waals surface area contributed by atoms with Gasteiger partial charge in [0.15, 0.2) is 0 Å². The highest BCUT2D eigenvalue weighted by Crippen LogP contribution is 2.24. The van der Waals surface area contributed by atoms with Gasteiger partial charge in [0.05, 0.1) is 0 Å². The first-order chi connectivity index (χ1) is 7.22. The average molecular weight is 209 g/mol. The summed E-state index contributed by atoms with van der Waals surface area (Å²) in [5, 5.41) is 4.12. The minimum Gasteiger partial charge on any atom is -0.351 e. The normalized spacial score (nSPS) is 20.9. The van der Waals surface area contributed by atoms with E-state index in [2.05, 4.69) is 10.1 Å². The van der Waals surface area contributed by atoms with Crippen molar-refractivity contribution in [3.05, 3.63) is 12.2 Å². The minimum atomic E-state index is -0.347. The molecule has 2 amide bonds. The van der Waals surface area contributed by atoms with E-state index >= 15 is 0 Å². The quantitative estimate of drug-likeness (QED) is 0.754. The van der Waals surface area contributed by atoms with Crippen LogP contribution in [0.5, 0.6) is 0 Å². The summed E-state index contributed by atoms with van der Waals surface area (Å²) in [5.74, 6) is 1.24. The van der Waals surface area contributed by atoms with Crippen molar-refractivity contribution >= 4 is 6.03 Å². The highest BCUT2D eigenvalue weighted by Gasteiger charge is 2.28. The summed E-state index contributed by atoms with van der Waals surface area (Å²) in [6, 6.07) is -0.347. The Kier molecular flexibility index (Phi) is 2.57. The second-order valence-corrected chi connectivity index (χ2v) is 3.70. The maximum atomic E-state index is 11.0. The number of carbonyl (C=O) groups excluding carboxylic acids is 1. The van der Waals surface area contributed by atoms with Crippen molar-refractivity contribution in [1.82, 2.24) is 19.7 Å². The number of nitrogens with two attached hydrogens (primary N) is 1. The third-order valence-corrected chi connectivity index (χ3v) is 2.81. The van der Waals surface area contributed by atoms with Crippen LogP contribution in [0.4, 0.5) is 4.79 Å². The van der Waals surface area contributed by atoms with Crippen molar-refractivity contribution in [3.8, 4) is 0 Å². The van der Waals surface area contributed by atoms with Crippen molar-refractivity contribution in [2.75, 3.05) is 13.1 Å². The first-order valence-electron chi connectivity index (χ1n) is 5.14. The molecule has 1 saturated heterocycles. The van der Waals surface area contributed by atoms with Crippen LogP contribution in [0.25, 0.3) is 0 Å². The van der Waals surface area contributed by atoms with Gasteiger partial charge in [0, 0.05) is 25.6 Å². The topological polar surface area (TPSA) is 77.0 Å². The molecule has 0 radical (unpaired) electrons. The highest BCUT2D eigenvalue weighted by atomic mass is 16.2. The van der Waals surface area contributed by atoms with Crippen molar-refractivity contribution in [1.29, 1.82) is 0 Å². The zero-order valence-corrected chi connectivity index (χ0v) is 8.76. The lowest BCUT2D eigenvalue weighted by Crippen LogP contribution is -2.33. The molecule has 1 unspecified atom stereocenters. The lowest BCUT2D eigenvalue weighted by Gasteiger charge is -2.13. The van der Waals surface area contributed by atoms with Gasteiger partial charge in [-0.1, -0.05) is 0 Å². The van der Waals surface area contributed by atoms with E-state index in [1.165, 1.54) is 0 Å². The zero-order valence-electron chi connectivity index (χ0n) is 8.76. The number of likely N-dealkylation sites (tertiary alicyclic amines) is 1. The second kappa shape index (κ2) is 3.88. The maximum absolute atomic E-state index is 11.0.